The summed E-state index contributed by atoms with van der Waals surface area (Å²) in [6, 6.07) is 21.7. The van der Waals surface area contributed by atoms with Crippen LogP contribution < -0.4 is 20.9 Å². The van der Waals surface area contributed by atoms with Gasteiger partial charge in [-0.25, -0.2) is 0 Å². The zero-order valence-electron chi connectivity index (χ0n) is 16.3. The molecule has 3 amide bonds. The molecule has 7 nitrogen and oxygen atoms in total. The van der Waals surface area contributed by atoms with Crippen LogP contribution in [0, 0.1) is 0 Å². The predicted molar refractivity (Wildman–Crippen MR) is 113 cm³/mol. The first kappa shape index (κ1) is 20.6. The first-order chi connectivity index (χ1) is 14.6. The van der Waals surface area contributed by atoms with E-state index in [4.69, 9.17) is 4.74 Å². The molecule has 7 heteroatoms. The summed E-state index contributed by atoms with van der Waals surface area (Å²) in [5, 5.41) is 2.76. The molecule has 0 aromatic heterocycles. The van der Waals surface area contributed by atoms with Crippen molar-refractivity contribution in [1.82, 2.24) is 10.9 Å². The normalized spacial score (nSPS) is 10.0. The summed E-state index contributed by atoms with van der Waals surface area (Å²) in [6.45, 7) is 2.41. The van der Waals surface area contributed by atoms with Crippen molar-refractivity contribution >= 4 is 23.4 Å². The van der Waals surface area contributed by atoms with Crippen LogP contribution in [0.15, 0.2) is 78.9 Å². The molecule has 3 aromatic rings. The summed E-state index contributed by atoms with van der Waals surface area (Å²) in [4.78, 5) is 36.5. The standard InChI is InChI=1S/C23H21N3O4/c1-2-30-20-14-10-18(11-15-20)23(29)26-25-22(28)17-8-12-19(13-9-17)24-21(27)16-6-4-3-5-7-16/h3-15H,2H2,1H3,(H,24,27)(H,25,28)(H,26,29). The third kappa shape index (κ3) is 5.45. The highest BCUT2D eigenvalue weighted by atomic mass is 16.5. The Morgan fingerprint density at radius 2 is 1.17 bits per heavy atom. The largest absolute Gasteiger partial charge is 0.494 e. The molecule has 3 rings (SSSR count). The van der Waals surface area contributed by atoms with Crippen LogP contribution in [0.4, 0.5) is 5.69 Å². The van der Waals surface area contributed by atoms with Gasteiger partial charge in [-0.05, 0) is 67.6 Å². The summed E-state index contributed by atoms with van der Waals surface area (Å²) < 4.78 is 5.33. The fraction of sp³-hybridized carbons (Fsp3) is 0.0870. The molecule has 152 valence electrons. The van der Waals surface area contributed by atoms with Gasteiger partial charge in [0, 0.05) is 22.4 Å². The predicted octanol–water partition coefficient (Wildman–Crippen LogP) is 3.41. The highest BCUT2D eigenvalue weighted by Gasteiger charge is 2.10. The molecule has 30 heavy (non-hydrogen) atoms. The van der Waals surface area contributed by atoms with E-state index in [-0.39, 0.29) is 5.91 Å². The van der Waals surface area contributed by atoms with E-state index in [1.165, 1.54) is 0 Å². The Kier molecular flexibility index (Phi) is 6.78. The highest BCUT2D eigenvalue weighted by Crippen LogP contribution is 2.13. The third-order valence-electron chi connectivity index (χ3n) is 4.16. The first-order valence-corrected chi connectivity index (χ1v) is 9.37. The van der Waals surface area contributed by atoms with Gasteiger partial charge >= 0.3 is 0 Å². The van der Waals surface area contributed by atoms with Gasteiger partial charge in [0.2, 0.25) is 0 Å². The van der Waals surface area contributed by atoms with Crippen LogP contribution in [0.25, 0.3) is 0 Å². The topological polar surface area (TPSA) is 96.5 Å². The van der Waals surface area contributed by atoms with E-state index < -0.39 is 11.8 Å². The second kappa shape index (κ2) is 9.88. The molecule has 0 spiro atoms. The molecule has 0 heterocycles. The molecule has 0 bridgehead atoms. The first-order valence-electron chi connectivity index (χ1n) is 9.37. The molecular weight excluding hydrogens is 382 g/mol. The number of hydrogen-bond acceptors (Lipinski definition) is 4. The number of hydrogen-bond donors (Lipinski definition) is 3. The molecule has 0 unspecified atom stereocenters. The molecule has 0 aliphatic rings. The van der Waals surface area contributed by atoms with Crippen molar-refractivity contribution in [3.63, 3.8) is 0 Å². The van der Waals surface area contributed by atoms with Crippen molar-refractivity contribution in [2.45, 2.75) is 6.92 Å². The van der Waals surface area contributed by atoms with Crippen LogP contribution in [0.2, 0.25) is 0 Å². The van der Waals surface area contributed by atoms with Gasteiger partial charge in [-0.15, -0.1) is 0 Å². The Balaban J connectivity index is 1.53. The maximum absolute atomic E-state index is 12.2. The summed E-state index contributed by atoms with van der Waals surface area (Å²) in [7, 11) is 0. The fourth-order valence-corrected chi connectivity index (χ4v) is 2.62. The van der Waals surface area contributed by atoms with Crippen molar-refractivity contribution in [2.24, 2.45) is 0 Å². The summed E-state index contributed by atoms with van der Waals surface area (Å²) >= 11 is 0. The monoisotopic (exact) mass is 403 g/mol. The van der Waals surface area contributed by atoms with Crippen molar-refractivity contribution in [3.8, 4) is 5.75 Å². The van der Waals surface area contributed by atoms with E-state index in [1.807, 2.05) is 13.0 Å². The quantitative estimate of drug-likeness (QED) is 0.550. The van der Waals surface area contributed by atoms with Gasteiger partial charge in [0.15, 0.2) is 0 Å². The number of carbonyl (C=O) groups is 3. The molecule has 0 saturated heterocycles. The number of rotatable bonds is 6. The van der Waals surface area contributed by atoms with Crippen molar-refractivity contribution in [3.05, 3.63) is 95.6 Å². The molecular formula is C23H21N3O4. The lowest BCUT2D eigenvalue weighted by Crippen LogP contribution is -2.41. The zero-order chi connectivity index (χ0) is 21.3. The molecule has 0 atom stereocenters. The maximum atomic E-state index is 12.2. The average molecular weight is 403 g/mol. The van der Waals surface area contributed by atoms with Crippen LogP contribution in [0.3, 0.4) is 0 Å². The second-order valence-corrected chi connectivity index (χ2v) is 6.26. The smallest absolute Gasteiger partial charge is 0.269 e. The van der Waals surface area contributed by atoms with E-state index in [9.17, 15) is 14.4 Å². The lowest BCUT2D eigenvalue weighted by atomic mass is 10.1. The third-order valence-corrected chi connectivity index (χ3v) is 4.16. The maximum Gasteiger partial charge on any atom is 0.269 e. The molecule has 0 aliphatic heterocycles. The fourth-order valence-electron chi connectivity index (χ4n) is 2.62. The Hall–Kier alpha value is -4.13. The van der Waals surface area contributed by atoms with Gasteiger partial charge in [-0.2, -0.15) is 0 Å². The van der Waals surface area contributed by atoms with E-state index >= 15 is 0 Å². The number of nitrogens with one attached hydrogen (secondary N) is 3. The number of carbonyl (C=O) groups excluding carboxylic acids is 3. The number of hydrazine groups is 1. The number of anilines is 1. The number of ether oxygens (including phenoxy) is 1. The minimum absolute atomic E-state index is 0.240. The molecule has 0 saturated carbocycles. The lowest BCUT2D eigenvalue weighted by Gasteiger charge is -2.09. The number of benzene rings is 3. The Morgan fingerprint density at radius 3 is 1.70 bits per heavy atom. The van der Waals surface area contributed by atoms with Crippen LogP contribution >= 0.6 is 0 Å². The van der Waals surface area contributed by atoms with Crippen LogP contribution in [0.5, 0.6) is 5.75 Å². The zero-order valence-corrected chi connectivity index (χ0v) is 16.3. The summed E-state index contributed by atoms with van der Waals surface area (Å²) in [5.41, 5.74) is 6.55. The molecule has 3 N–H and O–H groups in total. The van der Waals surface area contributed by atoms with Gasteiger partial charge < -0.3 is 10.1 Å². The van der Waals surface area contributed by atoms with Gasteiger partial charge in [0.05, 0.1) is 6.61 Å². The van der Waals surface area contributed by atoms with E-state index in [1.54, 1.807) is 72.8 Å². The van der Waals surface area contributed by atoms with Crippen molar-refractivity contribution in [2.75, 3.05) is 11.9 Å². The second-order valence-electron chi connectivity index (χ2n) is 6.26. The Bertz CT molecular complexity index is 1020. The van der Waals surface area contributed by atoms with Crippen molar-refractivity contribution in [1.29, 1.82) is 0 Å². The summed E-state index contributed by atoms with van der Waals surface area (Å²) in [5.74, 6) is -0.499. The highest BCUT2D eigenvalue weighted by molar-refractivity contribution is 6.04. The summed E-state index contributed by atoms with van der Waals surface area (Å²) in [6.07, 6.45) is 0. The average Bonchev–Trinajstić information content (AvgIpc) is 2.79. The van der Waals surface area contributed by atoms with Crippen LogP contribution in [-0.4, -0.2) is 24.3 Å². The Morgan fingerprint density at radius 1 is 0.667 bits per heavy atom. The van der Waals surface area contributed by atoms with Gasteiger partial charge in [-0.1, -0.05) is 18.2 Å². The van der Waals surface area contributed by atoms with E-state index in [0.29, 0.717) is 34.7 Å². The van der Waals surface area contributed by atoms with E-state index in [2.05, 4.69) is 16.2 Å². The van der Waals surface area contributed by atoms with Gasteiger partial charge in [-0.3, -0.25) is 25.2 Å². The minimum atomic E-state index is -0.477. The molecule has 0 fully saturated rings. The SMILES string of the molecule is CCOc1ccc(C(=O)NNC(=O)c2ccc(NC(=O)c3ccccc3)cc2)cc1. The number of amides is 3. The van der Waals surface area contributed by atoms with Crippen molar-refractivity contribution < 1.29 is 19.1 Å². The Labute approximate surface area is 174 Å². The minimum Gasteiger partial charge on any atom is -0.494 e. The molecule has 3 aromatic carbocycles. The van der Waals surface area contributed by atoms with Crippen LogP contribution in [0.1, 0.15) is 38.0 Å². The van der Waals surface area contributed by atoms with Crippen LogP contribution in [-0.2, 0) is 0 Å². The lowest BCUT2D eigenvalue weighted by molar-refractivity contribution is 0.0846. The van der Waals surface area contributed by atoms with E-state index in [0.717, 1.165) is 0 Å². The van der Waals surface area contributed by atoms with Gasteiger partial charge in [0.25, 0.3) is 17.7 Å². The van der Waals surface area contributed by atoms with Gasteiger partial charge in [0.1, 0.15) is 5.75 Å². The molecule has 0 aliphatic carbocycles. The molecule has 0 radical (unpaired) electrons.